The normalized spacial score (nSPS) is 20.9. The number of amides is 1. The van der Waals surface area contributed by atoms with Crippen LogP contribution in [-0.4, -0.2) is 17.3 Å². The summed E-state index contributed by atoms with van der Waals surface area (Å²) < 4.78 is 0. The average molecular weight is 282 g/mol. The van der Waals surface area contributed by atoms with Crippen molar-refractivity contribution >= 4 is 27.5 Å². The Morgan fingerprint density at radius 3 is 2.62 bits per heavy atom. The summed E-state index contributed by atoms with van der Waals surface area (Å²) in [6.07, 6.45) is 0.604. The molecule has 1 unspecified atom stereocenters. The fourth-order valence-corrected chi connectivity index (χ4v) is 2.68. The highest BCUT2D eigenvalue weighted by Crippen LogP contribution is 2.31. The first-order valence-corrected chi connectivity index (χ1v) is 6.54. The van der Waals surface area contributed by atoms with Crippen LogP contribution in [0.2, 0.25) is 0 Å². The SMILES string of the molecule is CC(C)c1ccccc1N1CC(Br)CC1=O. The fraction of sp³-hybridized carbons (Fsp3) is 0.462. The largest absolute Gasteiger partial charge is 0.311 e. The van der Waals surface area contributed by atoms with Gasteiger partial charge in [-0.3, -0.25) is 4.79 Å². The zero-order valence-corrected chi connectivity index (χ0v) is 11.2. The van der Waals surface area contributed by atoms with Gasteiger partial charge >= 0.3 is 0 Å². The van der Waals surface area contributed by atoms with Gasteiger partial charge in [-0.1, -0.05) is 48.0 Å². The summed E-state index contributed by atoms with van der Waals surface area (Å²) in [5.74, 6) is 0.661. The highest BCUT2D eigenvalue weighted by molar-refractivity contribution is 9.09. The third kappa shape index (κ3) is 2.14. The monoisotopic (exact) mass is 281 g/mol. The van der Waals surface area contributed by atoms with E-state index in [-0.39, 0.29) is 5.91 Å². The van der Waals surface area contributed by atoms with Gasteiger partial charge in [0.1, 0.15) is 0 Å². The number of hydrogen-bond donors (Lipinski definition) is 0. The van der Waals surface area contributed by atoms with Crippen molar-refractivity contribution in [1.82, 2.24) is 0 Å². The van der Waals surface area contributed by atoms with E-state index in [0.717, 1.165) is 12.2 Å². The van der Waals surface area contributed by atoms with Gasteiger partial charge < -0.3 is 4.90 Å². The highest BCUT2D eigenvalue weighted by Gasteiger charge is 2.30. The Balaban J connectivity index is 2.36. The van der Waals surface area contributed by atoms with Gasteiger partial charge in [-0.2, -0.15) is 0 Å². The van der Waals surface area contributed by atoms with Crippen LogP contribution in [0.3, 0.4) is 0 Å². The molecule has 2 nitrogen and oxygen atoms in total. The Morgan fingerprint density at radius 1 is 1.38 bits per heavy atom. The number of alkyl halides is 1. The lowest BCUT2D eigenvalue weighted by atomic mass is 10.0. The minimum Gasteiger partial charge on any atom is -0.311 e. The molecule has 0 aliphatic carbocycles. The zero-order chi connectivity index (χ0) is 11.7. The maximum atomic E-state index is 11.9. The average Bonchev–Trinajstić information content (AvgIpc) is 2.57. The van der Waals surface area contributed by atoms with E-state index >= 15 is 0 Å². The van der Waals surface area contributed by atoms with Crippen LogP contribution >= 0.6 is 15.9 Å². The number of carbonyl (C=O) groups excluding carboxylic acids is 1. The lowest BCUT2D eigenvalue weighted by molar-refractivity contribution is -0.117. The number of halogens is 1. The van der Waals surface area contributed by atoms with Crippen molar-refractivity contribution in [3.63, 3.8) is 0 Å². The first-order valence-electron chi connectivity index (χ1n) is 5.63. The molecule has 1 fully saturated rings. The van der Waals surface area contributed by atoms with Gasteiger partial charge in [0.15, 0.2) is 0 Å². The van der Waals surface area contributed by atoms with Crippen molar-refractivity contribution in [1.29, 1.82) is 0 Å². The van der Waals surface area contributed by atoms with Crippen LogP contribution in [0.25, 0.3) is 0 Å². The molecule has 1 amide bonds. The summed E-state index contributed by atoms with van der Waals surface area (Å²) in [4.78, 5) is 14.0. The molecule has 0 saturated carbocycles. The number of hydrogen-bond acceptors (Lipinski definition) is 1. The molecule has 3 heteroatoms. The summed E-state index contributed by atoms with van der Waals surface area (Å²) in [6.45, 7) is 5.10. The maximum Gasteiger partial charge on any atom is 0.228 e. The molecule has 0 radical (unpaired) electrons. The minimum atomic E-state index is 0.218. The summed E-state index contributed by atoms with van der Waals surface area (Å²) >= 11 is 3.52. The first kappa shape index (κ1) is 11.6. The lowest BCUT2D eigenvalue weighted by Gasteiger charge is -2.21. The van der Waals surface area contributed by atoms with Crippen LogP contribution in [0.5, 0.6) is 0 Å². The number of benzene rings is 1. The van der Waals surface area contributed by atoms with E-state index in [9.17, 15) is 4.79 Å². The molecule has 1 aromatic carbocycles. The van der Waals surface area contributed by atoms with E-state index in [0.29, 0.717) is 17.2 Å². The minimum absolute atomic E-state index is 0.218. The standard InChI is InChI=1S/C13H16BrNO/c1-9(2)11-5-3-4-6-12(11)15-8-10(14)7-13(15)16/h3-6,9-10H,7-8H2,1-2H3. The molecule has 16 heavy (non-hydrogen) atoms. The Hall–Kier alpha value is -0.830. The summed E-state index contributed by atoms with van der Waals surface area (Å²) in [6, 6.07) is 8.17. The van der Waals surface area contributed by atoms with E-state index in [2.05, 4.69) is 35.8 Å². The summed E-state index contributed by atoms with van der Waals surface area (Å²) in [5, 5.41) is 0. The Bertz CT molecular complexity index is 403. The second kappa shape index (κ2) is 4.58. The van der Waals surface area contributed by atoms with E-state index in [4.69, 9.17) is 0 Å². The number of carbonyl (C=O) groups is 1. The number of para-hydroxylation sites is 1. The van der Waals surface area contributed by atoms with E-state index < -0.39 is 0 Å². The van der Waals surface area contributed by atoms with E-state index in [1.807, 2.05) is 23.1 Å². The van der Waals surface area contributed by atoms with E-state index in [1.54, 1.807) is 0 Å². The molecular weight excluding hydrogens is 266 g/mol. The van der Waals surface area contributed by atoms with Crippen LogP contribution < -0.4 is 4.90 Å². The molecule has 1 aliphatic rings. The smallest absolute Gasteiger partial charge is 0.228 e. The third-order valence-corrected chi connectivity index (χ3v) is 3.54. The van der Waals surface area contributed by atoms with Crippen LogP contribution in [0.1, 0.15) is 31.7 Å². The van der Waals surface area contributed by atoms with Gasteiger partial charge in [0.2, 0.25) is 5.91 Å². The van der Waals surface area contributed by atoms with Gasteiger partial charge in [0.25, 0.3) is 0 Å². The Morgan fingerprint density at radius 2 is 2.06 bits per heavy atom. The van der Waals surface area contributed by atoms with Crippen LogP contribution in [0, 0.1) is 0 Å². The molecule has 2 rings (SSSR count). The van der Waals surface area contributed by atoms with Gasteiger partial charge in [-0.05, 0) is 17.5 Å². The van der Waals surface area contributed by atoms with Gasteiger partial charge in [0, 0.05) is 23.5 Å². The van der Waals surface area contributed by atoms with Crippen LogP contribution in [0.15, 0.2) is 24.3 Å². The molecule has 0 spiro atoms. The number of rotatable bonds is 2. The Kier molecular flexibility index (Phi) is 3.33. The molecule has 0 N–H and O–H groups in total. The van der Waals surface area contributed by atoms with Crippen molar-refractivity contribution in [3.8, 4) is 0 Å². The second-order valence-electron chi connectivity index (χ2n) is 4.52. The van der Waals surface area contributed by atoms with Crippen molar-refractivity contribution in [3.05, 3.63) is 29.8 Å². The van der Waals surface area contributed by atoms with Crippen LogP contribution in [-0.2, 0) is 4.79 Å². The van der Waals surface area contributed by atoms with Crippen molar-refractivity contribution in [2.45, 2.75) is 31.0 Å². The second-order valence-corrected chi connectivity index (χ2v) is 5.81. The Labute approximate surface area is 105 Å². The predicted octanol–water partition coefficient (Wildman–Crippen LogP) is 3.31. The summed E-state index contributed by atoms with van der Waals surface area (Å²) in [7, 11) is 0. The van der Waals surface area contributed by atoms with Crippen molar-refractivity contribution in [2.75, 3.05) is 11.4 Å². The quantitative estimate of drug-likeness (QED) is 0.762. The zero-order valence-electron chi connectivity index (χ0n) is 9.61. The fourth-order valence-electron chi connectivity index (χ4n) is 2.12. The molecule has 1 heterocycles. The van der Waals surface area contributed by atoms with Gasteiger partial charge in [0.05, 0.1) is 0 Å². The number of nitrogens with zero attached hydrogens (tertiary/aromatic N) is 1. The van der Waals surface area contributed by atoms with Gasteiger partial charge in [-0.15, -0.1) is 0 Å². The van der Waals surface area contributed by atoms with E-state index in [1.165, 1.54) is 5.56 Å². The lowest BCUT2D eigenvalue weighted by Crippen LogP contribution is -2.25. The van der Waals surface area contributed by atoms with Crippen LogP contribution in [0.4, 0.5) is 5.69 Å². The van der Waals surface area contributed by atoms with Crippen molar-refractivity contribution < 1.29 is 4.79 Å². The summed E-state index contributed by atoms with van der Waals surface area (Å²) in [5.41, 5.74) is 2.32. The molecule has 1 atom stereocenters. The molecule has 1 aromatic rings. The molecule has 0 aromatic heterocycles. The molecule has 1 saturated heterocycles. The molecule has 0 bridgehead atoms. The predicted molar refractivity (Wildman–Crippen MR) is 70.2 cm³/mol. The topological polar surface area (TPSA) is 20.3 Å². The third-order valence-electron chi connectivity index (χ3n) is 2.93. The molecule has 86 valence electrons. The van der Waals surface area contributed by atoms with Gasteiger partial charge in [-0.25, -0.2) is 0 Å². The molecule has 1 aliphatic heterocycles. The van der Waals surface area contributed by atoms with Crippen molar-refractivity contribution in [2.24, 2.45) is 0 Å². The molecular formula is C13H16BrNO. The first-order chi connectivity index (χ1) is 7.59. The maximum absolute atomic E-state index is 11.9. The number of anilines is 1. The highest BCUT2D eigenvalue weighted by atomic mass is 79.9.